The van der Waals surface area contributed by atoms with Gasteiger partial charge in [0.25, 0.3) is 0 Å². The monoisotopic (exact) mass is 346 g/mol. The number of carbonyl (C=O) groups is 1. The van der Waals surface area contributed by atoms with Crippen molar-refractivity contribution in [1.29, 1.82) is 0 Å². The number of sulfone groups is 1. The molecule has 7 nitrogen and oxygen atoms in total. The van der Waals surface area contributed by atoms with Gasteiger partial charge in [-0.25, -0.2) is 8.42 Å². The molecule has 22 heavy (non-hydrogen) atoms. The van der Waals surface area contributed by atoms with Gasteiger partial charge in [-0.2, -0.15) is 0 Å². The van der Waals surface area contributed by atoms with Crippen LogP contribution < -0.4 is 5.32 Å². The van der Waals surface area contributed by atoms with Crippen LogP contribution >= 0.6 is 11.3 Å². The van der Waals surface area contributed by atoms with Gasteiger partial charge in [0, 0.05) is 12.5 Å². The van der Waals surface area contributed by atoms with Crippen LogP contribution in [0.5, 0.6) is 0 Å². The van der Waals surface area contributed by atoms with Gasteiger partial charge < -0.3 is 0 Å². The molecule has 0 bridgehead atoms. The molecule has 1 amide bonds. The Hall–Kier alpha value is -1.06. The fraction of sp³-hybridized carbons (Fsp3) is 0.769. The minimum Gasteiger partial charge on any atom is -0.299 e. The summed E-state index contributed by atoms with van der Waals surface area (Å²) in [6.07, 6.45) is 3.62. The molecule has 2 rings (SSSR count). The van der Waals surface area contributed by atoms with E-state index in [0.29, 0.717) is 11.6 Å². The summed E-state index contributed by atoms with van der Waals surface area (Å²) in [6.45, 7) is 2.27. The van der Waals surface area contributed by atoms with Gasteiger partial charge in [-0.15, -0.1) is 10.2 Å². The molecule has 1 saturated heterocycles. The second-order valence-electron chi connectivity index (χ2n) is 5.62. The fourth-order valence-electron chi connectivity index (χ4n) is 2.37. The largest absolute Gasteiger partial charge is 0.299 e. The van der Waals surface area contributed by atoms with E-state index in [1.165, 1.54) is 11.3 Å². The van der Waals surface area contributed by atoms with Crippen molar-refractivity contribution in [3.05, 3.63) is 5.01 Å². The van der Waals surface area contributed by atoms with Crippen LogP contribution in [-0.4, -0.2) is 60.6 Å². The number of likely N-dealkylation sites (N-methyl/N-ethyl adjacent to an activating group) is 1. The number of nitrogens with one attached hydrogen (secondary N) is 1. The first-order valence-electron chi connectivity index (χ1n) is 7.42. The number of amides is 1. The van der Waals surface area contributed by atoms with Crippen molar-refractivity contribution < 1.29 is 13.2 Å². The summed E-state index contributed by atoms with van der Waals surface area (Å²) >= 11 is 1.39. The quantitative estimate of drug-likeness (QED) is 0.790. The van der Waals surface area contributed by atoms with E-state index in [1.807, 2.05) is 0 Å². The summed E-state index contributed by atoms with van der Waals surface area (Å²) in [5, 5.41) is 12.2. The van der Waals surface area contributed by atoms with Crippen LogP contribution in [0.1, 0.15) is 31.2 Å². The maximum absolute atomic E-state index is 12.0. The van der Waals surface area contributed by atoms with Crippen LogP contribution in [0.25, 0.3) is 0 Å². The Morgan fingerprint density at radius 1 is 1.45 bits per heavy atom. The SMILES string of the molecule is CCCCc1nnc(NC(=O)CN(C)[C@H]2CCS(=O)(=O)C2)s1. The van der Waals surface area contributed by atoms with Crippen LogP contribution in [0.15, 0.2) is 0 Å². The average Bonchev–Trinajstić information content (AvgIpc) is 3.02. The third-order valence-corrected chi connectivity index (χ3v) is 6.33. The normalized spacial score (nSPS) is 20.4. The number of rotatable bonds is 7. The van der Waals surface area contributed by atoms with Crippen LogP contribution in [0.3, 0.4) is 0 Å². The number of unbranched alkanes of at least 4 members (excludes halogenated alkanes) is 1. The third-order valence-electron chi connectivity index (χ3n) is 3.68. The minimum atomic E-state index is -2.93. The average molecular weight is 346 g/mol. The lowest BCUT2D eigenvalue weighted by Crippen LogP contribution is -2.38. The molecule has 1 aliphatic rings. The standard InChI is InChI=1S/C13H22N4O3S2/c1-3-4-5-12-15-16-13(21-12)14-11(18)8-17(2)10-6-7-22(19,20)9-10/h10H,3-9H2,1-2H3,(H,14,16,18)/t10-/m0/s1. The molecule has 1 fully saturated rings. The van der Waals surface area contributed by atoms with Crippen molar-refractivity contribution in [3.8, 4) is 0 Å². The summed E-state index contributed by atoms with van der Waals surface area (Å²) in [5.41, 5.74) is 0. The van der Waals surface area contributed by atoms with Gasteiger partial charge in [-0.1, -0.05) is 24.7 Å². The Morgan fingerprint density at radius 2 is 2.23 bits per heavy atom. The third kappa shape index (κ3) is 4.99. The fourth-order valence-corrected chi connectivity index (χ4v) is 4.97. The van der Waals surface area contributed by atoms with Gasteiger partial charge in [-0.3, -0.25) is 15.0 Å². The number of nitrogens with zero attached hydrogens (tertiary/aromatic N) is 3. The predicted octanol–water partition coefficient (Wildman–Crippen LogP) is 0.938. The molecule has 2 heterocycles. The Kier molecular flexibility index (Phi) is 5.87. The first kappa shape index (κ1) is 17.3. The highest BCUT2D eigenvalue weighted by molar-refractivity contribution is 7.91. The number of hydrogen-bond acceptors (Lipinski definition) is 7. The van der Waals surface area contributed by atoms with Gasteiger partial charge in [0.15, 0.2) is 9.84 Å². The molecule has 0 saturated carbocycles. The lowest BCUT2D eigenvalue weighted by atomic mass is 10.2. The summed E-state index contributed by atoms with van der Waals surface area (Å²) in [5.74, 6) is 0.155. The first-order chi connectivity index (χ1) is 10.4. The molecule has 0 aliphatic carbocycles. The van der Waals surface area contributed by atoms with Crippen LogP contribution in [0.4, 0.5) is 5.13 Å². The Labute approximate surface area is 135 Å². The number of anilines is 1. The predicted molar refractivity (Wildman–Crippen MR) is 86.8 cm³/mol. The number of aryl methyl sites for hydroxylation is 1. The number of aromatic nitrogens is 2. The summed E-state index contributed by atoms with van der Waals surface area (Å²) < 4.78 is 22.9. The van der Waals surface area contributed by atoms with E-state index in [1.54, 1.807) is 11.9 Å². The highest BCUT2D eigenvalue weighted by Crippen LogP contribution is 2.18. The maximum Gasteiger partial charge on any atom is 0.240 e. The van der Waals surface area contributed by atoms with E-state index in [-0.39, 0.29) is 30.0 Å². The molecule has 0 aromatic carbocycles. The smallest absolute Gasteiger partial charge is 0.240 e. The zero-order valence-electron chi connectivity index (χ0n) is 12.9. The van der Waals surface area contributed by atoms with Gasteiger partial charge in [0.05, 0.1) is 18.1 Å². The molecule has 1 aliphatic heterocycles. The van der Waals surface area contributed by atoms with Gasteiger partial charge in [0.1, 0.15) is 5.01 Å². The summed E-state index contributed by atoms with van der Waals surface area (Å²) in [6, 6.07) is -0.0784. The summed E-state index contributed by atoms with van der Waals surface area (Å²) in [7, 11) is -1.16. The molecule has 9 heteroatoms. The van der Waals surface area contributed by atoms with E-state index in [9.17, 15) is 13.2 Å². The highest BCUT2D eigenvalue weighted by Gasteiger charge is 2.31. The number of carbonyl (C=O) groups excluding carboxylic acids is 1. The van der Waals surface area contributed by atoms with Crippen molar-refractivity contribution in [1.82, 2.24) is 15.1 Å². The topological polar surface area (TPSA) is 92.3 Å². The van der Waals surface area contributed by atoms with Crippen molar-refractivity contribution in [3.63, 3.8) is 0 Å². The maximum atomic E-state index is 12.0. The van der Waals surface area contributed by atoms with E-state index < -0.39 is 9.84 Å². The second kappa shape index (κ2) is 7.47. The second-order valence-corrected chi connectivity index (χ2v) is 8.92. The Morgan fingerprint density at radius 3 is 2.86 bits per heavy atom. The van der Waals surface area contributed by atoms with Crippen molar-refractivity contribution in [2.45, 2.75) is 38.6 Å². The first-order valence-corrected chi connectivity index (χ1v) is 10.1. The molecule has 1 aromatic rings. The summed E-state index contributed by atoms with van der Waals surface area (Å²) in [4.78, 5) is 13.8. The number of hydrogen-bond donors (Lipinski definition) is 1. The van der Waals surface area contributed by atoms with Crippen molar-refractivity contribution >= 4 is 32.2 Å². The van der Waals surface area contributed by atoms with Gasteiger partial charge in [0.2, 0.25) is 11.0 Å². The van der Waals surface area contributed by atoms with E-state index >= 15 is 0 Å². The molecule has 1 aromatic heterocycles. The lowest BCUT2D eigenvalue weighted by molar-refractivity contribution is -0.117. The van der Waals surface area contributed by atoms with Crippen molar-refractivity contribution in [2.24, 2.45) is 0 Å². The zero-order valence-corrected chi connectivity index (χ0v) is 14.5. The van der Waals surface area contributed by atoms with Crippen LogP contribution in [0.2, 0.25) is 0 Å². The molecule has 0 unspecified atom stereocenters. The molecule has 1 N–H and O–H groups in total. The highest BCUT2D eigenvalue weighted by atomic mass is 32.2. The molecule has 0 radical (unpaired) electrons. The van der Waals surface area contributed by atoms with Crippen LogP contribution in [0, 0.1) is 0 Å². The van der Waals surface area contributed by atoms with Crippen LogP contribution in [-0.2, 0) is 21.1 Å². The molecule has 0 spiro atoms. The minimum absolute atomic E-state index is 0.0784. The molecule has 1 atom stereocenters. The lowest BCUT2D eigenvalue weighted by Gasteiger charge is -2.21. The van der Waals surface area contributed by atoms with E-state index in [4.69, 9.17) is 0 Å². The Bertz CT molecular complexity index is 615. The van der Waals surface area contributed by atoms with Gasteiger partial charge >= 0.3 is 0 Å². The van der Waals surface area contributed by atoms with E-state index in [2.05, 4.69) is 22.4 Å². The zero-order chi connectivity index (χ0) is 16.2. The Balaban J connectivity index is 1.81. The van der Waals surface area contributed by atoms with Crippen molar-refractivity contribution in [2.75, 3.05) is 30.4 Å². The van der Waals surface area contributed by atoms with E-state index in [0.717, 1.165) is 24.3 Å². The molecular formula is C13H22N4O3S2. The molecular weight excluding hydrogens is 324 g/mol. The molecule has 124 valence electrons. The van der Waals surface area contributed by atoms with Gasteiger partial charge in [-0.05, 0) is 19.9 Å².